The lowest BCUT2D eigenvalue weighted by Crippen LogP contribution is -2.15. The van der Waals surface area contributed by atoms with Crippen molar-refractivity contribution in [3.63, 3.8) is 0 Å². The Hall–Kier alpha value is -3.58. The first kappa shape index (κ1) is 28.7. The van der Waals surface area contributed by atoms with Gasteiger partial charge in [-0.3, -0.25) is 14.1 Å². The van der Waals surface area contributed by atoms with Crippen molar-refractivity contribution in [1.82, 2.24) is 19.7 Å². The zero-order chi connectivity index (χ0) is 26.0. The molecule has 0 aliphatic heterocycles. The van der Waals surface area contributed by atoms with Gasteiger partial charge < -0.3 is 4.57 Å². The molecule has 3 rings (SSSR count). The first-order valence-electron chi connectivity index (χ1n) is 12.3. The largest absolute Gasteiger partial charge is 0.309 e. The van der Waals surface area contributed by atoms with E-state index in [1.165, 1.54) is 29.8 Å². The van der Waals surface area contributed by atoms with E-state index < -0.39 is 10.8 Å². The number of benzene rings is 2. The summed E-state index contributed by atoms with van der Waals surface area (Å²) >= 11 is 0. The zero-order valence-corrected chi connectivity index (χ0v) is 22.2. The topological polar surface area (TPSA) is 80.6 Å². The van der Waals surface area contributed by atoms with Crippen LogP contribution in [-0.2, 0) is 23.1 Å². The Kier molecular flexibility index (Phi) is 13.5. The Morgan fingerprint density at radius 2 is 1.53 bits per heavy atom. The molecule has 1 unspecified atom stereocenters. The molecular formula is C29H36N4O2S. The van der Waals surface area contributed by atoms with Crippen molar-refractivity contribution in [2.75, 3.05) is 0 Å². The van der Waals surface area contributed by atoms with Crippen LogP contribution in [0.4, 0.5) is 0 Å². The lowest BCUT2D eigenvalue weighted by atomic mass is 10.0. The number of hydrogen-bond acceptors (Lipinski definition) is 4. The van der Waals surface area contributed by atoms with Gasteiger partial charge in [0.25, 0.3) is 5.56 Å². The molecule has 0 amide bonds. The van der Waals surface area contributed by atoms with Crippen molar-refractivity contribution in [2.24, 2.45) is 0 Å². The normalized spacial score (nSPS) is 11.6. The third-order valence-corrected chi connectivity index (χ3v) is 6.20. The summed E-state index contributed by atoms with van der Waals surface area (Å²) in [5.41, 5.74) is 2.75. The van der Waals surface area contributed by atoms with Gasteiger partial charge in [0.2, 0.25) is 5.16 Å². The molecule has 0 saturated carbocycles. The summed E-state index contributed by atoms with van der Waals surface area (Å²) < 4.78 is 14.5. The second-order valence-corrected chi connectivity index (χ2v) is 9.14. The van der Waals surface area contributed by atoms with Crippen LogP contribution in [0.2, 0.25) is 0 Å². The number of aromatic nitrogens is 4. The smallest absolute Gasteiger partial charge is 0.271 e. The highest BCUT2D eigenvalue weighted by Crippen LogP contribution is 2.25. The number of nitrogens with one attached hydrogen (secondary N) is 1. The summed E-state index contributed by atoms with van der Waals surface area (Å²) in [7, 11) is -1.47. The van der Waals surface area contributed by atoms with Crippen molar-refractivity contribution in [3.05, 3.63) is 113 Å². The molecule has 0 saturated heterocycles. The maximum absolute atomic E-state index is 13.0. The van der Waals surface area contributed by atoms with E-state index in [1.807, 2.05) is 73.7 Å². The van der Waals surface area contributed by atoms with Gasteiger partial charge in [0, 0.05) is 18.9 Å². The minimum absolute atomic E-state index is 0.198. The SMILES string of the molecule is CC/C=C/Cn1ccnc(S(=O)Cc2ccccc2-c2ccccc2)[nH]ncc1=O.CC/C=C\CC. The molecule has 0 aliphatic rings. The summed E-state index contributed by atoms with van der Waals surface area (Å²) in [4.78, 5) is 16.5. The molecule has 36 heavy (non-hydrogen) atoms. The summed E-state index contributed by atoms with van der Waals surface area (Å²) in [6.45, 7) is 6.74. The number of hydrogen-bond donors (Lipinski definition) is 1. The molecule has 190 valence electrons. The van der Waals surface area contributed by atoms with Gasteiger partial charge in [-0.25, -0.2) is 4.98 Å². The third kappa shape index (κ3) is 9.96. The molecule has 0 fully saturated rings. The van der Waals surface area contributed by atoms with Crippen molar-refractivity contribution in [2.45, 2.75) is 57.5 Å². The predicted molar refractivity (Wildman–Crippen MR) is 149 cm³/mol. The third-order valence-electron chi connectivity index (χ3n) is 5.00. The molecule has 0 bridgehead atoms. The summed E-state index contributed by atoms with van der Waals surface area (Å²) in [6, 6.07) is 17.8. The molecule has 3 aromatic rings. The van der Waals surface area contributed by atoms with E-state index in [-0.39, 0.29) is 16.5 Å². The van der Waals surface area contributed by atoms with Crippen LogP contribution < -0.4 is 5.56 Å². The van der Waals surface area contributed by atoms with Crippen LogP contribution in [-0.4, -0.2) is 24.0 Å². The van der Waals surface area contributed by atoms with E-state index in [4.69, 9.17) is 0 Å². The summed E-state index contributed by atoms with van der Waals surface area (Å²) in [5, 5.41) is 6.78. The van der Waals surface area contributed by atoms with E-state index in [9.17, 15) is 9.00 Å². The van der Waals surface area contributed by atoms with E-state index in [1.54, 1.807) is 6.20 Å². The van der Waals surface area contributed by atoms with Crippen LogP contribution >= 0.6 is 0 Å². The van der Waals surface area contributed by atoms with Gasteiger partial charge in [-0.05, 0) is 36.0 Å². The van der Waals surface area contributed by atoms with Crippen molar-refractivity contribution in [3.8, 4) is 11.1 Å². The van der Waals surface area contributed by atoms with Gasteiger partial charge in [-0.15, -0.1) is 0 Å². The van der Waals surface area contributed by atoms with E-state index in [2.05, 4.69) is 41.2 Å². The zero-order valence-electron chi connectivity index (χ0n) is 21.3. The minimum Gasteiger partial charge on any atom is -0.309 e. The molecule has 1 heterocycles. The van der Waals surface area contributed by atoms with Crippen molar-refractivity contribution >= 4 is 10.8 Å². The van der Waals surface area contributed by atoms with Gasteiger partial charge in [-0.1, -0.05) is 99.7 Å². The van der Waals surface area contributed by atoms with Crippen LogP contribution in [0.3, 0.4) is 0 Å². The molecule has 7 heteroatoms. The Labute approximate surface area is 216 Å². The number of aromatic amines is 1. The highest BCUT2D eigenvalue weighted by atomic mass is 32.2. The van der Waals surface area contributed by atoms with E-state index in [0.29, 0.717) is 6.54 Å². The molecule has 0 aliphatic carbocycles. The highest BCUT2D eigenvalue weighted by molar-refractivity contribution is 7.84. The summed E-state index contributed by atoms with van der Waals surface area (Å²) in [5.74, 6) is 0.275. The number of nitrogens with zero attached hydrogens (tertiary/aromatic N) is 3. The monoisotopic (exact) mass is 504 g/mol. The first-order valence-corrected chi connectivity index (χ1v) is 13.6. The van der Waals surface area contributed by atoms with Crippen LogP contribution in [0.1, 0.15) is 45.6 Å². The Morgan fingerprint density at radius 3 is 2.22 bits per heavy atom. The van der Waals surface area contributed by atoms with Crippen LogP contribution in [0.25, 0.3) is 11.1 Å². The predicted octanol–water partition coefficient (Wildman–Crippen LogP) is 6.39. The molecule has 0 spiro atoms. The molecule has 6 nitrogen and oxygen atoms in total. The Morgan fingerprint density at radius 1 is 0.889 bits per heavy atom. The quantitative estimate of drug-likeness (QED) is 0.342. The minimum atomic E-state index is -1.47. The second-order valence-electron chi connectivity index (χ2n) is 7.77. The van der Waals surface area contributed by atoms with Gasteiger partial charge in [0.15, 0.2) is 0 Å². The number of allylic oxidation sites excluding steroid dienone is 4. The van der Waals surface area contributed by atoms with Gasteiger partial charge in [-0.2, -0.15) is 5.10 Å². The van der Waals surface area contributed by atoms with Crippen LogP contribution in [0, 0.1) is 0 Å². The van der Waals surface area contributed by atoms with Gasteiger partial charge in [0.1, 0.15) is 6.20 Å². The fraction of sp³-hybridized carbons (Fsp3) is 0.276. The number of H-pyrrole nitrogens is 1. The van der Waals surface area contributed by atoms with Crippen molar-refractivity contribution in [1.29, 1.82) is 0 Å². The van der Waals surface area contributed by atoms with Gasteiger partial charge in [0.05, 0.1) is 16.6 Å². The maximum atomic E-state index is 13.0. The molecule has 2 aromatic carbocycles. The van der Waals surface area contributed by atoms with Crippen molar-refractivity contribution < 1.29 is 4.21 Å². The second kappa shape index (κ2) is 16.9. The number of rotatable bonds is 9. The molecule has 0 radical (unpaired) electrons. The molecule has 1 aromatic heterocycles. The highest BCUT2D eigenvalue weighted by Gasteiger charge is 2.11. The fourth-order valence-corrected chi connectivity index (χ4v) is 4.21. The molecular weight excluding hydrogens is 468 g/mol. The summed E-state index contributed by atoms with van der Waals surface area (Å²) in [6.07, 6.45) is 15.7. The lowest BCUT2D eigenvalue weighted by molar-refractivity contribution is 0.672. The standard InChI is InChI=1S/C23H24N4O2S.C6H12/c1-2-3-9-15-27-16-14-24-23(26-25-17-22(27)28)30(29)18-20-12-7-8-13-21(20)19-10-5-4-6-11-19;1-3-5-6-4-2/h3-14,16-17H,2,15,18H2,1H3,(H,24,26);5-6H,3-4H2,1-2H3/b9-3+,16-14?,25-17?;6-5-. The Bertz CT molecular complexity index is 1240. The lowest BCUT2D eigenvalue weighted by Gasteiger charge is -2.09. The average molecular weight is 505 g/mol. The first-order chi connectivity index (χ1) is 17.6. The fourth-order valence-electron chi connectivity index (χ4n) is 3.20. The Balaban J connectivity index is 0.000000678. The van der Waals surface area contributed by atoms with Crippen LogP contribution in [0.15, 0.2) is 107 Å². The van der Waals surface area contributed by atoms with E-state index in [0.717, 1.165) is 23.1 Å². The molecule has 1 N–H and O–H groups in total. The van der Waals surface area contributed by atoms with Gasteiger partial charge >= 0.3 is 0 Å². The average Bonchev–Trinajstić information content (AvgIpc) is 2.99. The maximum Gasteiger partial charge on any atom is 0.271 e. The molecule has 1 atom stereocenters. The van der Waals surface area contributed by atoms with E-state index >= 15 is 0 Å². The van der Waals surface area contributed by atoms with Crippen LogP contribution in [0.5, 0.6) is 0 Å².